The fraction of sp³-hybridized carbons (Fsp3) is 0.682. The van der Waals surface area contributed by atoms with Crippen molar-refractivity contribution in [2.75, 3.05) is 46.4 Å². The van der Waals surface area contributed by atoms with E-state index in [-0.39, 0.29) is 5.41 Å². The highest BCUT2D eigenvalue weighted by Crippen LogP contribution is 2.35. The van der Waals surface area contributed by atoms with Gasteiger partial charge in [0.05, 0.1) is 0 Å². The van der Waals surface area contributed by atoms with E-state index in [0.29, 0.717) is 6.04 Å². The van der Waals surface area contributed by atoms with Gasteiger partial charge in [0.1, 0.15) is 0 Å². The van der Waals surface area contributed by atoms with E-state index in [1.165, 1.54) is 44.5 Å². The van der Waals surface area contributed by atoms with Gasteiger partial charge in [-0.1, -0.05) is 30.7 Å². The smallest absolute Gasteiger partial charge is 0.191 e. The molecule has 0 radical (unpaired) electrons. The van der Waals surface area contributed by atoms with Gasteiger partial charge in [-0.15, -0.1) is 0 Å². The minimum Gasteiger partial charge on any atom is -0.381 e. The van der Waals surface area contributed by atoms with Crippen molar-refractivity contribution in [1.82, 2.24) is 15.5 Å². The van der Waals surface area contributed by atoms with Crippen LogP contribution in [0.4, 0.5) is 0 Å². The standard InChI is InChI=1S/C22H35ClN4O/c1-3-11-27-12-7-20(8-13-27)26-21(24-2)25-17-22(9-14-28-15-10-22)18-5-4-6-19(23)16-18/h4-6,16,20H,3,7-15,17H2,1-2H3,(H2,24,25,26). The van der Waals surface area contributed by atoms with E-state index in [1.807, 2.05) is 19.2 Å². The Morgan fingerprint density at radius 3 is 2.68 bits per heavy atom. The van der Waals surface area contributed by atoms with Crippen molar-refractivity contribution >= 4 is 17.6 Å². The molecule has 5 nitrogen and oxygen atoms in total. The number of nitrogens with one attached hydrogen (secondary N) is 2. The van der Waals surface area contributed by atoms with E-state index in [9.17, 15) is 0 Å². The number of benzene rings is 1. The van der Waals surface area contributed by atoms with Crippen LogP contribution in [0.2, 0.25) is 5.02 Å². The zero-order chi connectivity index (χ0) is 19.8. The number of aliphatic imine (C=N–C) groups is 1. The molecule has 6 heteroatoms. The number of likely N-dealkylation sites (tertiary alicyclic amines) is 1. The molecule has 1 aromatic rings. The second-order valence-electron chi connectivity index (χ2n) is 8.09. The fourth-order valence-electron chi connectivity index (χ4n) is 4.41. The molecule has 0 atom stereocenters. The van der Waals surface area contributed by atoms with Crippen LogP contribution in [0.3, 0.4) is 0 Å². The first-order valence-electron chi connectivity index (χ1n) is 10.7. The third-order valence-corrected chi connectivity index (χ3v) is 6.41. The van der Waals surface area contributed by atoms with Crippen molar-refractivity contribution in [2.45, 2.75) is 50.5 Å². The van der Waals surface area contributed by atoms with Crippen LogP contribution in [0.1, 0.15) is 44.6 Å². The summed E-state index contributed by atoms with van der Waals surface area (Å²) in [4.78, 5) is 7.05. The second kappa shape index (κ2) is 10.5. The Bertz CT molecular complexity index is 637. The van der Waals surface area contributed by atoms with E-state index < -0.39 is 0 Å². The molecular formula is C22H35ClN4O. The van der Waals surface area contributed by atoms with Crippen molar-refractivity contribution in [3.63, 3.8) is 0 Å². The summed E-state index contributed by atoms with van der Waals surface area (Å²) < 4.78 is 5.65. The van der Waals surface area contributed by atoms with E-state index in [2.05, 4.69) is 39.6 Å². The SMILES string of the molecule is CCCN1CCC(NC(=NC)NCC2(c3cccc(Cl)c3)CCOCC2)CC1. The maximum absolute atomic E-state index is 6.29. The first kappa shape index (κ1) is 21.4. The van der Waals surface area contributed by atoms with E-state index in [0.717, 1.165) is 43.6 Å². The van der Waals surface area contributed by atoms with Gasteiger partial charge in [-0.2, -0.15) is 0 Å². The Balaban J connectivity index is 1.59. The second-order valence-corrected chi connectivity index (χ2v) is 8.53. The molecule has 0 spiro atoms. The maximum atomic E-state index is 6.29. The van der Waals surface area contributed by atoms with Gasteiger partial charge >= 0.3 is 0 Å². The lowest BCUT2D eigenvalue weighted by molar-refractivity contribution is 0.0513. The zero-order valence-electron chi connectivity index (χ0n) is 17.3. The lowest BCUT2D eigenvalue weighted by Crippen LogP contribution is -2.52. The van der Waals surface area contributed by atoms with Gasteiger partial charge < -0.3 is 20.3 Å². The number of hydrogen-bond donors (Lipinski definition) is 2. The minimum absolute atomic E-state index is 0.0330. The van der Waals surface area contributed by atoms with Crippen molar-refractivity contribution in [1.29, 1.82) is 0 Å². The molecule has 3 rings (SSSR count). The summed E-state index contributed by atoms with van der Waals surface area (Å²) in [5.41, 5.74) is 1.32. The van der Waals surface area contributed by atoms with E-state index >= 15 is 0 Å². The molecule has 0 bridgehead atoms. The Kier molecular flexibility index (Phi) is 8.00. The van der Waals surface area contributed by atoms with Gasteiger partial charge in [-0.05, 0) is 56.3 Å². The Morgan fingerprint density at radius 2 is 2.04 bits per heavy atom. The van der Waals surface area contributed by atoms with E-state index in [4.69, 9.17) is 16.3 Å². The largest absolute Gasteiger partial charge is 0.381 e. The lowest BCUT2D eigenvalue weighted by Gasteiger charge is -2.39. The first-order chi connectivity index (χ1) is 13.6. The number of guanidine groups is 1. The molecule has 2 heterocycles. The summed E-state index contributed by atoms with van der Waals surface area (Å²) in [6.45, 7) is 8.22. The van der Waals surface area contributed by atoms with Gasteiger partial charge in [0.15, 0.2) is 5.96 Å². The molecule has 2 fully saturated rings. The highest BCUT2D eigenvalue weighted by Gasteiger charge is 2.35. The van der Waals surface area contributed by atoms with Crippen LogP contribution in [-0.4, -0.2) is 63.3 Å². The number of ether oxygens (including phenoxy) is 1. The van der Waals surface area contributed by atoms with Crippen molar-refractivity contribution < 1.29 is 4.74 Å². The maximum Gasteiger partial charge on any atom is 0.191 e. The van der Waals surface area contributed by atoms with Gasteiger partial charge in [0.2, 0.25) is 0 Å². The normalized spacial score (nSPS) is 21.5. The van der Waals surface area contributed by atoms with Gasteiger partial charge in [-0.25, -0.2) is 0 Å². The average molecular weight is 407 g/mol. The zero-order valence-corrected chi connectivity index (χ0v) is 18.1. The van der Waals surface area contributed by atoms with Gasteiger partial charge in [0, 0.05) is 56.4 Å². The highest BCUT2D eigenvalue weighted by molar-refractivity contribution is 6.30. The quantitative estimate of drug-likeness (QED) is 0.561. The Hall–Kier alpha value is -1.30. The Morgan fingerprint density at radius 1 is 1.29 bits per heavy atom. The van der Waals surface area contributed by atoms with Crippen LogP contribution in [-0.2, 0) is 10.2 Å². The van der Waals surface area contributed by atoms with Crippen LogP contribution < -0.4 is 10.6 Å². The summed E-state index contributed by atoms with van der Waals surface area (Å²) in [6.07, 6.45) is 5.57. The fourth-order valence-corrected chi connectivity index (χ4v) is 4.60. The Labute approximate surface area is 174 Å². The summed E-state index contributed by atoms with van der Waals surface area (Å²) in [6, 6.07) is 8.78. The van der Waals surface area contributed by atoms with Crippen molar-refractivity contribution in [3.8, 4) is 0 Å². The lowest BCUT2D eigenvalue weighted by atomic mass is 9.74. The molecule has 1 aromatic carbocycles. The van der Waals surface area contributed by atoms with E-state index in [1.54, 1.807) is 0 Å². The molecule has 0 aliphatic carbocycles. The van der Waals surface area contributed by atoms with Crippen molar-refractivity contribution in [2.24, 2.45) is 4.99 Å². The summed E-state index contributed by atoms with van der Waals surface area (Å²) in [5, 5.41) is 8.05. The summed E-state index contributed by atoms with van der Waals surface area (Å²) in [5.74, 6) is 0.904. The van der Waals surface area contributed by atoms with Crippen LogP contribution >= 0.6 is 11.6 Å². The molecule has 0 aromatic heterocycles. The molecule has 2 aliphatic heterocycles. The van der Waals surface area contributed by atoms with Crippen LogP contribution in [0.5, 0.6) is 0 Å². The third-order valence-electron chi connectivity index (χ3n) is 6.17. The van der Waals surface area contributed by atoms with Crippen molar-refractivity contribution in [3.05, 3.63) is 34.9 Å². The monoisotopic (exact) mass is 406 g/mol. The predicted molar refractivity (Wildman–Crippen MR) is 117 cm³/mol. The summed E-state index contributed by atoms with van der Waals surface area (Å²) in [7, 11) is 1.86. The molecular weight excluding hydrogens is 372 g/mol. The molecule has 2 saturated heterocycles. The average Bonchev–Trinajstić information content (AvgIpc) is 2.73. The molecule has 0 amide bonds. The number of nitrogens with zero attached hydrogens (tertiary/aromatic N) is 2. The van der Waals surface area contributed by atoms with Gasteiger partial charge in [0.25, 0.3) is 0 Å². The molecule has 0 saturated carbocycles. The summed E-state index contributed by atoms with van der Waals surface area (Å²) >= 11 is 6.29. The topological polar surface area (TPSA) is 48.9 Å². The first-order valence-corrected chi connectivity index (χ1v) is 11.1. The minimum atomic E-state index is 0.0330. The molecule has 156 valence electrons. The van der Waals surface area contributed by atoms with Crippen LogP contribution in [0.25, 0.3) is 0 Å². The third kappa shape index (κ3) is 5.62. The number of rotatable bonds is 6. The van der Waals surface area contributed by atoms with Crippen LogP contribution in [0, 0.1) is 0 Å². The molecule has 0 unspecified atom stereocenters. The molecule has 2 N–H and O–H groups in total. The number of halogens is 1. The van der Waals surface area contributed by atoms with Gasteiger partial charge in [-0.3, -0.25) is 4.99 Å². The molecule has 2 aliphatic rings. The highest BCUT2D eigenvalue weighted by atomic mass is 35.5. The number of piperidine rings is 1. The molecule has 28 heavy (non-hydrogen) atoms. The predicted octanol–water partition coefficient (Wildman–Crippen LogP) is 3.43. The van der Waals surface area contributed by atoms with Crippen LogP contribution in [0.15, 0.2) is 29.3 Å². The number of hydrogen-bond acceptors (Lipinski definition) is 3.